The average Bonchev–Trinajstić information content (AvgIpc) is 3.19. The fourth-order valence-electron chi connectivity index (χ4n) is 3.77. The molecule has 0 saturated heterocycles. The minimum absolute atomic E-state index is 0.0744. The number of aromatic amines is 1. The second-order valence-electron chi connectivity index (χ2n) is 7.09. The number of sulfonamides is 1. The maximum absolute atomic E-state index is 12.5. The topological polar surface area (TPSA) is 88.3 Å². The normalized spacial score (nSPS) is 12.0. The van der Waals surface area contributed by atoms with E-state index in [4.69, 9.17) is 4.74 Å². The molecule has 0 amide bonds. The Hall–Kier alpha value is -2.68. The summed E-state index contributed by atoms with van der Waals surface area (Å²) in [5.74, 6) is 0.627. The van der Waals surface area contributed by atoms with Gasteiger partial charge in [-0.2, -0.15) is 0 Å². The van der Waals surface area contributed by atoms with Crippen LogP contribution in [-0.2, 0) is 15.8 Å². The molecule has 2 N–H and O–H groups in total. The van der Waals surface area contributed by atoms with Crippen molar-refractivity contribution in [2.45, 2.75) is 19.6 Å². The Morgan fingerprint density at radius 1 is 1.17 bits per heavy atom. The second kappa shape index (κ2) is 7.86. The van der Waals surface area contributed by atoms with Crippen molar-refractivity contribution in [3.05, 3.63) is 63.3 Å². The Morgan fingerprint density at radius 3 is 2.57 bits per heavy atom. The molecule has 0 bridgehead atoms. The van der Waals surface area contributed by atoms with Crippen molar-refractivity contribution >= 4 is 42.3 Å². The van der Waals surface area contributed by atoms with Gasteiger partial charge in [-0.15, -0.1) is 11.3 Å². The summed E-state index contributed by atoms with van der Waals surface area (Å²) < 4.78 is 33.0. The van der Waals surface area contributed by atoms with Gasteiger partial charge in [-0.05, 0) is 41.1 Å². The number of fused-ring (bicyclic) bond motifs is 3. The van der Waals surface area contributed by atoms with E-state index in [1.54, 1.807) is 14.0 Å². The van der Waals surface area contributed by atoms with E-state index in [9.17, 15) is 13.2 Å². The molecule has 2 heterocycles. The van der Waals surface area contributed by atoms with E-state index in [1.165, 1.54) is 11.3 Å². The maximum Gasteiger partial charge on any atom is 0.266 e. The fraction of sp³-hybridized carbons (Fsp3) is 0.227. The molecule has 0 aliphatic heterocycles. The highest BCUT2D eigenvalue weighted by atomic mass is 32.2. The van der Waals surface area contributed by atoms with Gasteiger partial charge in [0.25, 0.3) is 5.56 Å². The lowest BCUT2D eigenvalue weighted by molar-refractivity contribution is 0.416. The molecule has 4 aromatic rings. The molecule has 0 spiro atoms. The Morgan fingerprint density at radius 2 is 1.90 bits per heavy atom. The second-order valence-corrected chi connectivity index (χ2v) is 9.82. The molecule has 6 nitrogen and oxygen atoms in total. The van der Waals surface area contributed by atoms with Crippen molar-refractivity contribution in [1.82, 2.24) is 9.71 Å². The highest BCUT2D eigenvalue weighted by Crippen LogP contribution is 2.41. The first-order chi connectivity index (χ1) is 14.3. The first kappa shape index (κ1) is 20.6. The number of ether oxygens (including phenoxy) is 1. The van der Waals surface area contributed by atoms with Crippen LogP contribution in [0.2, 0.25) is 0 Å². The third kappa shape index (κ3) is 3.62. The van der Waals surface area contributed by atoms with Gasteiger partial charge < -0.3 is 9.72 Å². The van der Waals surface area contributed by atoms with Gasteiger partial charge in [0.15, 0.2) is 0 Å². The van der Waals surface area contributed by atoms with Crippen molar-refractivity contribution in [1.29, 1.82) is 0 Å². The van der Waals surface area contributed by atoms with Crippen molar-refractivity contribution < 1.29 is 13.2 Å². The minimum Gasteiger partial charge on any atom is -0.496 e. The Labute approximate surface area is 178 Å². The lowest BCUT2D eigenvalue weighted by atomic mass is 9.94. The SMILES string of the molecule is CCNS(=O)(=O)Cc1ccc(-c2c(OC)cc(C)c3[nH]c(=O)c4sccc4c23)cc1. The number of rotatable bonds is 6. The van der Waals surface area contributed by atoms with Crippen LogP contribution in [0.25, 0.3) is 32.1 Å². The van der Waals surface area contributed by atoms with Crippen molar-refractivity contribution in [3.8, 4) is 16.9 Å². The largest absolute Gasteiger partial charge is 0.496 e. The maximum atomic E-state index is 12.5. The van der Waals surface area contributed by atoms with Gasteiger partial charge in [-0.1, -0.05) is 31.2 Å². The zero-order valence-electron chi connectivity index (χ0n) is 16.9. The van der Waals surface area contributed by atoms with Crippen LogP contribution in [0.4, 0.5) is 0 Å². The molecule has 4 rings (SSSR count). The van der Waals surface area contributed by atoms with Crippen LogP contribution in [0.1, 0.15) is 18.1 Å². The summed E-state index contributed by atoms with van der Waals surface area (Å²) in [5.41, 5.74) is 4.06. The molecule has 0 aliphatic carbocycles. The highest BCUT2D eigenvalue weighted by molar-refractivity contribution is 7.88. The van der Waals surface area contributed by atoms with Gasteiger partial charge in [-0.25, -0.2) is 13.1 Å². The number of aryl methyl sites for hydroxylation is 1. The number of thiophene rings is 1. The Bertz CT molecular complexity index is 1400. The molecule has 0 saturated carbocycles. The zero-order valence-corrected chi connectivity index (χ0v) is 18.5. The first-order valence-electron chi connectivity index (χ1n) is 9.52. The number of pyridine rings is 1. The van der Waals surface area contributed by atoms with Crippen LogP contribution in [0, 0.1) is 6.92 Å². The van der Waals surface area contributed by atoms with E-state index in [-0.39, 0.29) is 11.3 Å². The van der Waals surface area contributed by atoms with Gasteiger partial charge in [0.2, 0.25) is 10.0 Å². The Kier molecular flexibility index (Phi) is 5.40. The summed E-state index contributed by atoms with van der Waals surface area (Å²) in [7, 11) is -1.73. The summed E-state index contributed by atoms with van der Waals surface area (Å²) in [6, 6.07) is 11.3. The summed E-state index contributed by atoms with van der Waals surface area (Å²) in [6.07, 6.45) is 0. The number of nitrogens with one attached hydrogen (secondary N) is 2. The first-order valence-corrected chi connectivity index (χ1v) is 12.0. The van der Waals surface area contributed by atoms with Gasteiger partial charge >= 0.3 is 0 Å². The molecular formula is C22H22N2O4S2. The number of H-pyrrole nitrogens is 1. The number of aromatic nitrogens is 1. The van der Waals surface area contributed by atoms with Gasteiger partial charge in [0.1, 0.15) is 10.4 Å². The number of benzene rings is 2. The van der Waals surface area contributed by atoms with Crippen molar-refractivity contribution in [2.75, 3.05) is 13.7 Å². The number of hydrogen-bond acceptors (Lipinski definition) is 5. The van der Waals surface area contributed by atoms with E-state index < -0.39 is 10.0 Å². The van der Waals surface area contributed by atoms with E-state index in [2.05, 4.69) is 9.71 Å². The van der Waals surface area contributed by atoms with Crippen LogP contribution < -0.4 is 15.0 Å². The van der Waals surface area contributed by atoms with Crippen LogP contribution >= 0.6 is 11.3 Å². The molecule has 2 aromatic carbocycles. The molecule has 156 valence electrons. The molecule has 8 heteroatoms. The molecular weight excluding hydrogens is 420 g/mol. The van der Waals surface area contributed by atoms with Gasteiger partial charge in [0.05, 0.1) is 18.4 Å². The Balaban J connectivity index is 1.93. The molecule has 0 aliphatic rings. The van der Waals surface area contributed by atoms with E-state index in [0.29, 0.717) is 22.6 Å². The monoisotopic (exact) mass is 442 g/mol. The summed E-state index contributed by atoms with van der Waals surface area (Å²) in [4.78, 5) is 15.5. The molecule has 0 radical (unpaired) electrons. The molecule has 2 aromatic heterocycles. The van der Waals surface area contributed by atoms with Crippen LogP contribution in [0.15, 0.2) is 46.6 Å². The zero-order chi connectivity index (χ0) is 21.5. The predicted molar refractivity (Wildman–Crippen MR) is 123 cm³/mol. The molecule has 30 heavy (non-hydrogen) atoms. The third-order valence-corrected chi connectivity index (χ3v) is 7.41. The molecule has 0 unspecified atom stereocenters. The van der Waals surface area contributed by atoms with E-state index in [1.807, 2.05) is 48.7 Å². The standard InChI is InChI=1S/C22H22N2O4S2/c1-4-23-30(26,27)12-14-5-7-15(8-6-14)18-17(28-3)11-13(2)20-19(18)16-9-10-29-21(16)22(25)24-20/h5-11,23H,4,12H2,1-3H3,(H,24,25). The summed E-state index contributed by atoms with van der Waals surface area (Å²) in [5, 5.41) is 3.72. The predicted octanol–water partition coefficient (Wildman–Crippen LogP) is 4.17. The quantitative estimate of drug-likeness (QED) is 0.469. The minimum atomic E-state index is -3.35. The van der Waals surface area contributed by atoms with Crippen LogP contribution in [0.3, 0.4) is 0 Å². The summed E-state index contributed by atoms with van der Waals surface area (Å²) >= 11 is 1.41. The van der Waals surface area contributed by atoms with E-state index >= 15 is 0 Å². The molecule has 0 fully saturated rings. The lowest BCUT2D eigenvalue weighted by Gasteiger charge is -2.16. The van der Waals surface area contributed by atoms with Crippen molar-refractivity contribution in [2.24, 2.45) is 0 Å². The smallest absolute Gasteiger partial charge is 0.266 e. The van der Waals surface area contributed by atoms with Crippen molar-refractivity contribution in [3.63, 3.8) is 0 Å². The van der Waals surface area contributed by atoms with Gasteiger partial charge in [-0.3, -0.25) is 4.79 Å². The molecule has 0 atom stereocenters. The lowest BCUT2D eigenvalue weighted by Crippen LogP contribution is -2.24. The highest BCUT2D eigenvalue weighted by Gasteiger charge is 2.18. The van der Waals surface area contributed by atoms with Gasteiger partial charge in [0, 0.05) is 22.9 Å². The number of methoxy groups -OCH3 is 1. The van der Waals surface area contributed by atoms with Crippen LogP contribution in [0.5, 0.6) is 5.75 Å². The van der Waals surface area contributed by atoms with E-state index in [0.717, 1.165) is 33.0 Å². The fourth-order valence-corrected chi connectivity index (χ4v) is 5.74. The summed E-state index contributed by atoms with van der Waals surface area (Å²) in [6.45, 7) is 4.06. The number of hydrogen-bond donors (Lipinski definition) is 2. The average molecular weight is 443 g/mol. The van der Waals surface area contributed by atoms with Crippen LogP contribution in [-0.4, -0.2) is 27.1 Å². The third-order valence-electron chi connectivity index (χ3n) is 5.05.